The highest BCUT2D eigenvalue weighted by Crippen LogP contribution is 2.48. The van der Waals surface area contributed by atoms with Gasteiger partial charge in [0.05, 0.1) is 27.8 Å². The van der Waals surface area contributed by atoms with Crippen molar-refractivity contribution in [2.45, 2.75) is 0 Å². The van der Waals surface area contributed by atoms with E-state index in [1.165, 1.54) is 102 Å². The van der Waals surface area contributed by atoms with Crippen molar-refractivity contribution in [2.75, 3.05) is 0 Å². The molecule has 55 heavy (non-hydrogen) atoms. The SMILES string of the molecule is c1ccc(-c2ccc(-n3c4ccccc4c4cc(-c5ccc6c(c5)c5ccccc5n6-c5cccc6ccccc56)c5sc6ccccc6c5c43)cc2)cc1. The van der Waals surface area contributed by atoms with Crippen LogP contribution in [0.1, 0.15) is 0 Å². The second-order valence-corrected chi connectivity index (χ2v) is 15.5. The Bertz CT molecular complexity index is 3470. The van der Waals surface area contributed by atoms with Gasteiger partial charge in [-0.15, -0.1) is 11.3 Å². The summed E-state index contributed by atoms with van der Waals surface area (Å²) in [7, 11) is 0. The molecule has 0 fully saturated rings. The second-order valence-electron chi connectivity index (χ2n) is 14.5. The molecule has 0 amide bonds. The molecule has 0 spiro atoms. The molecule has 0 radical (unpaired) electrons. The number of aromatic nitrogens is 2. The quantitative estimate of drug-likeness (QED) is 0.172. The third-order valence-corrected chi connectivity index (χ3v) is 12.7. The maximum Gasteiger partial charge on any atom is 0.0634 e. The van der Waals surface area contributed by atoms with Gasteiger partial charge in [-0.3, -0.25) is 0 Å². The molecule has 0 aliphatic heterocycles. The van der Waals surface area contributed by atoms with Crippen LogP contribution in [0.4, 0.5) is 0 Å². The first-order valence-corrected chi connectivity index (χ1v) is 19.7. The normalized spacial score (nSPS) is 12.0. The minimum absolute atomic E-state index is 1.16. The fraction of sp³-hybridized carbons (Fsp3) is 0. The zero-order chi connectivity index (χ0) is 36.0. The molecule has 3 aromatic heterocycles. The maximum atomic E-state index is 2.49. The third kappa shape index (κ3) is 4.48. The van der Waals surface area contributed by atoms with E-state index in [-0.39, 0.29) is 0 Å². The van der Waals surface area contributed by atoms with Crippen molar-refractivity contribution in [1.29, 1.82) is 0 Å². The highest BCUT2D eigenvalue weighted by atomic mass is 32.1. The van der Waals surface area contributed by atoms with E-state index in [0.717, 1.165) is 5.69 Å². The molecular formula is C52H32N2S. The van der Waals surface area contributed by atoms with Crippen molar-refractivity contribution in [3.8, 4) is 33.6 Å². The molecule has 9 aromatic carbocycles. The topological polar surface area (TPSA) is 9.86 Å². The number of para-hydroxylation sites is 2. The summed E-state index contributed by atoms with van der Waals surface area (Å²) in [5.74, 6) is 0. The Labute approximate surface area is 321 Å². The Morgan fingerprint density at radius 2 is 0.964 bits per heavy atom. The van der Waals surface area contributed by atoms with Gasteiger partial charge < -0.3 is 9.13 Å². The molecule has 12 aromatic rings. The van der Waals surface area contributed by atoms with Gasteiger partial charge in [0, 0.05) is 58.4 Å². The van der Waals surface area contributed by atoms with Gasteiger partial charge in [-0.25, -0.2) is 0 Å². The van der Waals surface area contributed by atoms with E-state index in [2.05, 4.69) is 203 Å². The van der Waals surface area contributed by atoms with E-state index in [0.29, 0.717) is 0 Å². The van der Waals surface area contributed by atoms with Crippen molar-refractivity contribution < 1.29 is 0 Å². The van der Waals surface area contributed by atoms with Gasteiger partial charge in [-0.1, -0.05) is 140 Å². The van der Waals surface area contributed by atoms with Crippen LogP contribution in [0.5, 0.6) is 0 Å². The summed E-state index contributed by atoms with van der Waals surface area (Å²) in [6.07, 6.45) is 0. The van der Waals surface area contributed by atoms with E-state index >= 15 is 0 Å². The molecule has 0 bridgehead atoms. The molecule has 0 aliphatic carbocycles. The Morgan fingerprint density at radius 3 is 1.78 bits per heavy atom. The molecule has 3 heterocycles. The summed E-state index contributed by atoms with van der Waals surface area (Å²) in [5.41, 5.74) is 12.2. The molecule has 0 N–H and O–H groups in total. The van der Waals surface area contributed by atoms with Gasteiger partial charge in [0.1, 0.15) is 0 Å². The van der Waals surface area contributed by atoms with E-state index in [4.69, 9.17) is 0 Å². The summed E-state index contributed by atoms with van der Waals surface area (Å²) in [5, 5.41) is 10.2. The van der Waals surface area contributed by atoms with Crippen LogP contribution in [0.2, 0.25) is 0 Å². The van der Waals surface area contributed by atoms with Gasteiger partial charge in [0.2, 0.25) is 0 Å². The first-order valence-electron chi connectivity index (χ1n) is 18.9. The smallest absolute Gasteiger partial charge is 0.0634 e. The molecule has 0 saturated carbocycles. The first-order chi connectivity index (χ1) is 27.3. The zero-order valence-electron chi connectivity index (χ0n) is 29.8. The van der Waals surface area contributed by atoms with Gasteiger partial charge in [0.25, 0.3) is 0 Å². The van der Waals surface area contributed by atoms with E-state index in [1.54, 1.807) is 0 Å². The summed E-state index contributed by atoms with van der Waals surface area (Å²) >= 11 is 1.91. The highest BCUT2D eigenvalue weighted by molar-refractivity contribution is 7.26. The molecule has 3 heteroatoms. The lowest BCUT2D eigenvalue weighted by Gasteiger charge is -2.13. The molecular weight excluding hydrogens is 685 g/mol. The van der Waals surface area contributed by atoms with Crippen molar-refractivity contribution >= 4 is 85.9 Å². The second kappa shape index (κ2) is 11.8. The summed E-state index contributed by atoms with van der Waals surface area (Å²) in [6.45, 7) is 0. The largest absolute Gasteiger partial charge is 0.309 e. The number of fused-ring (bicyclic) bond motifs is 11. The van der Waals surface area contributed by atoms with E-state index < -0.39 is 0 Å². The van der Waals surface area contributed by atoms with E-state index in [9.17, 15) is 0 Å². The Hall–Kier alpha value is -6.94. The molecule has 0 atom stereocenters. The first kappa shape index (κ1) is 30.5. The van der Waals surface area contributed by atoms with Crippen molar-refractivity contribution in [1.82, 2.24) is 9.13 Å². The number of rotatable bonds is 4. The fourth-order valence-electron chi connectivity index (χ4n) is 9.06. The van der Waals surface area contributed by atoms with Crippen molar-refractivity contribution in [2.24, 2.45) is 0 Å². The van der Waals surface area contributed by atoms with Crippen LogP contribution in [0, 0.1) is 0 Å². The summed E-state index contributed by atoms with van der Waals surface area (Å²) in [4.78, 5) is 0. The molecule has 12 rings (SSSR count). The monoisotopic (exact) mass is 716 g/mol. The molecule has 0 saturated heterocycles. The van der Waals surface area contributed by atoms with Gasteiger partial charge in [-0.2, -0.15) is 0 Å². The Morgan fingerprint density at radius 1 is 0.364 bits per heavy atom. The third-order valence-electron chi connectivity index (χ3n) is 11.5. The number of thiophene rings is 1. The lowest BCUT2D eigenvalue weighted by atomic mass is 9.97. The Balaban J connectivity index is 1.14. The fourth-order valence-corrected chi connectivity index (χ4v) is 10.3. The number of nitrogens with zero attached hydrogens (tertiary/aromatic N) is 2. The molecule has 0 aliphatic rings. The number of benzene rings is 9. The summed E-state index contributed by atoms with van der Waals surface area (Å²) in [6, 6.07) is 71.3. The average molecular weight is 717 g/mol. The van der Waals surface area contributed by atoms with Crippen LogP contribution < -0.4 is 0 Å². The van der Waals surface area contributed by atoms with Gasteiger partial charge in [-0.05, 0) is 76.7 Å². The van der Waals surface area contributed by atoms with Crippen LogP contribution in [-0.2, 0) is 0 Å². The number of hydrogen-bond acceptors (Lipinski definition) is 1. The predicted octanol–water partition coefficient (Wildman–Crippen LogP) is 14.7. The lowest BCUT2D eigenvalue weighted by molar-refractivity contribution is 1.19. The maximum absolute atomic E-state index is 2.49. The molecule has 2 nitrogen and oxygen atoms in total. The van der Waals surface area contributed by atoms with Gasteiger partial charge >= 0.3 is 0 Å². The Kier molecular flexibility index (Phi) is 6.54. The van der Waals surface area contributed by atoms with Gasteiger partial charge in [0.15, 0.2) is 0 Å². The van der Waals surface area contributed by atoms with Crippen molar-refractivity contribution in [3.63, 3.8) is 0 Å². The van der Waals surface area contributed by atoms with Crippen LogP contribution in [0.15, 0.2) is 194 Å². The highest BCUT2D eigenvalue weighted by Gasteiger charge is 2.22. The number of hydrogen-bond donors (Lipinski definition) is 0. The molecule has 0 unspecified atom stereocenters. The van der Waals surface area contributed by atoms with Crippen LogP contribution >= 0.6 is 11.3 Å². The zero-order valence-corrected chi connectivity index (χ0v) is 30.6. The van der Waals surface area contributed by atoms with Crippen LogP contribution in [0.25, 0.3) is 108 Å². The minimum atomic E-state index is 1.16. The predicted molar refractivity (Wildman–Crippen MR) is 236 cm³/mol. The standard InChI is InChI=1S/C52H32N2S/c1-2-13-33(14-3-1)34-25-28-37(29-26-34)53-46-21-9-7-19-40(46)44-32-42(52-50(51(44)53)41-20-8-11-24-49(41)55-52)36-27-30-48-43(31-36)39-18-6-10-22-47(39)54(48)45-23-12-16-35-15-4-5-17-38(35)45/h1-32H. The average Bonchev–Trinajstić information content (AvgIpc) is 3.91. The molecule has 256 valence electrons. The van der Waals surface area contributed by atoms with Crippen LogP contribution in [-0.4, -0.2) is 9.13 Å². The lowest BCUT2D eigenvalue weighted by Crippen LogP contribution is -1.95. The van der Waals surface area contributed by atoms with Crippen molar-refractivity contribution in [3.05, 3.63) is 194 Å². The summed E-state index contributed by atoms with van der Waals surface area (Å²) < 4.78 is 7.56. The minimum Gasteiger partial charge on any atom is -0.309 e. The van der Waals surface area contributed by atoms with Crippen LogP contribution in [0.3, 0.4) is 0 Å². The van der Waals surface area contributed by atoms with E-state index in [1.807, 2.05) is 11.3 Å².